The van der Waals surface area contributed by atoms with E-state index in [2.05, 4.69) is 12.6 Å². The Bertz CT molecular complexity index is 264. The van der Waals surface area contributed by atoms with E-state index in [4.69, 9.17) is 4.74 Å². The first-order chi connectivity index (χ1) is 7.26. The zero-order valence-electron chi connectivity index (χ0n) is 10.2. The van der Waals surface area contributed by atoms with Crippen LogP contribution >= 0.6 is 12.6 Å². The summed E-state index contributed by atoms with van der Waals surface area (Å²) < 4.78 is 5.27. The lowest BCUT2D eigenvalue weighted by Crippen LogP contribution is -2.52. The maximum Gasteiger partial charge on any atom is 0.410 e. The maximum atomic E-state index is 11.8. The SMILES string of the molecule is CC(C)(C)OC(=O)N1CCC[C@](O)(CS)C1. The van der Waals surface area contributed by atoms with Crippen molar-refractivity contribution in [3.8, 4) is 0 Å². The summed E-state index contributed by atoms with van der Waals surface area (Å²) in [6.07, 6.45) is 1.12. The van der Waals surface area contributed by atoms with Gasteiger partial charge in [0.2, 0.25) is 0 Å². The standard InChI is InChI=1S/C11H21NO3S/c1-10(2,3)15-9(13)12-6-4-5-11(14,7-12)8-16/h14,16H,4-8H2,1-3H3/t11-/m1/s1. The Hall–Kier alpha value is -0.420. The number of carbonyl (C=O) groups is 1. The van der Waals surface area contributed by atoms with Gasteiger partial charge in [0.15, 0.2) is 0 Å². The lowest BCUT2D eigenvalue weighted by Gasteiger charge is -2.38. The molecule has 1 N–H and O–H groups in total. The number of nitrogens with zero attached hydrogens (tertiary/aromatic N) is 1. The van der Waals surface area contributed by atoms with Crippen molar-refractivity contribution in [3.05, 3.63) is 0 Å². The number of likely N-dealkylation sites (tertiary alicyclic amines) is 1. The van der Waals surface area contributed by atoms with E-state index < -0.39 is 11.2 Å². The highest BCUT2D eigenvalue weighted by atomic mass is 32.1. The number of β-amino-alcohol motifs (C(OH)–C–C–N with tert-alkyl or cyclic N) is 1. The number of aliphatic hydroxyl groups is 1. The Balaban J connectivity index is 2.57. The Morgan fingerprint density at radius 1 is 1.56 bits per heavy atom. The number of hydrogen-bond acceptors (Lipinski definition) is 4. The van der Waals surface area contributed by atoms with Crippen molar-refractivity contribution in [2.45, 2.75) is 44.8 Å². The summed E-state index contributed by atoms with van der Waals surface area (Å²) in [4.78, 5) is 13.3. The van der Waals surface area contributed by atoms with Crippen LogP contribution in [-0.2, 0) is 4.74 Å². The highest BCUT2D eigenvalue weighted by Gasteiger charge is 2.35. The third-order valence-corrected chi connectivity index (χ3v) is 3.09. The topological polar surface area (TPSA) is 49.8 Å². The van der Waals surface area contributed by atoms with Crippen LogP contribution in [0.3, 0.4) is 0 Å². The zero-order valence-corrected chi connectivity index (χ0v) is 11.1. The van der Waals surface area contributed by atoms with Gasteiger partial charge in [-0.3, -0.25) is 0 Å². The van der Waals surface area contributed by atoms with Crippen LogP contribution in [-0.4, -0.2) is 46.1 Å². The second-order valence-corrected chi connectivity index (χ2v) is 5.70. The van der Waals surface area contributed by atoms with Crippen LogP contribution in [0.5, 0.6) is 0 Å². The molecule has 1 saturated heterocycles. The molecule has 0 unspecified atom stereocenters. The maximum absolute atomic E-state index is 11.8. The summed E-state index contributed by atoms with van der Waals surface area (Å²) >= 11 is 4.12. The largest absolute Gasteiger partial charge is 0.444 e. The molecule has 1 fully saturated rings. The van der Waals surface area contributed by atoms with E-state index in [1.807, 2.05) is 20.8 Å². The number of ether oxygens (including phenoxy) is 1. The Morgan fingerprint density at radius 3 is 2.69 bits per heavy atom. The fourth-order valence-corrected chi connectivity index (χ4v) is 1.98. The molecule has 16 heavy (non-hydrogen) atoms. The molecule has 1 rings (SSSR count). The first kappa shape index (κ1) is 13.6. The molecule has 1 amide bonds. The molecule has 1 aliphatic heterocycles. The van der Waals surface area contributed by atoms with Crippen molar-refractivity contribution < 1.29 is 14.6 Å². The predicted octanol–water partition coefficient (Wildman–Crippen LogP) is 1.68. The number of piperidine rings is 1. The molecule has 0 aromatic rings. The minimum Gasteiger partial charge on any atom is -0.444 e. The summed E-state index contributed by atoms with van der Waals surface area (Å²) in [6, 6.07) is 0. The van der Waals surface area contributed by atoms with Gasteiger partial charge < -0.3 is 14.7 Å². The van der Waals surface area contributed by atoms with Gasteiger partial charge in [-0.25, -0.2) is 4.79 Å². The fourth-order valence-electron chi connectivity index (χ4n) is 1.72. The molecule has 0 aromatic heterocycles. The monoisotopic (exact) mass is 247 g/mol. The average Bonchev–Trinajstić information content (AvgIpc) is 2.15. The van der Waals surface area contributed by atoms with E-state index in [0.29, 0.717) is 25.3 Å². The predicted molar refractivity (Wildman–Crippen MR) is 65.8 cm³/mol. The molecule has 0 aliphatic carbocycles. The van der Waals surface area contributed by atoms with Crippen LogP contribution in [0.4, 0.5) is 4.79 Å². The van der Waals surface area contributed by atoms with Crippen molar-refractivity contribution in [2.75, 3.05) is 18.8 Å². The number of thiol groups is 1. The molecule has 0 saturated carbocycles. The molecule has 0 bridgehead atoms. The normalized spacial score (nSPS) is 26.7. The third-order valence-electron chi connectivity index (χ3n) is 2.50. The van der Waals surface area contributed by atoms with Gasteiger partial charge in [0.05, 0.1) is 12.1 Å². The fraction of sp³-hybridized carbons (Fsp3) is 0.909. The summed E-state index contributed by atoms with van der Waals surface area (Å²) in [6.45, 7) is 6.45. The Morgan fingerprint density at radius 2 is 2.19 bits per heavy atom. The number of carbonyl (C=O) groups excluding carboxylic acids is 1. The highest BCUT2D eigenvalue weighted by Crippen LogP contribution is 2.23. The second-order valence-electron chi connectivity index (χ2n) is 5.39. The van der Waals surface area contributed by atoms with Crippen LogP contribution in [0.2, 0.25) is 0 Å². The molecule has 1 heterocycles. The minimum absolute atomic E-state index is 0.311. The van der Waals surface area contributed by atoms with Gasteiger partial charge >= 0.3 is 6.09 Å². The molecular formula is C11H21NO3S. The lowest BCUT2D eigenvalue weighted by atomic mass is 9.95. The van der Waals surface area contributed by atoms with Gasteiger partial charge in [0.1, 0.15) is 5.60 Å². The molecule has 0 spiro atoms. The molecule has 0 aromatic carbocycles. The molecule has 0 radical (unpaired) electrons. The van der Waals surface area contributed by atoms with Crippen LogP contribution in [0.25, 0.3) is 0 Å². The molecule has 1 atom stereocenters. The van der Waals surface area contributed by atoms with E-state index >= 15 is 0 Å². The van der Waals surface area contributed by atoms with Crippen molar-refractivity contribution in [1.82, 2.24) is 4.90 Å². The molecule has 1 aliphatic rings. The third kappa shape index (κ3) is 3.87. The van der Waals surface area contributed by atoms with Gasteiger partial charge in [0, 0.05) is 12.3 Å². The minimum atomic E-state index is -0.863. The van der Waals surface area contributed by atoms with Crippen molar-refractivity contribution in [3.63, 3.8) is 0 Å². The van der Waals surface area contributed by atoms with Crippen LogP contribution in [0.15, 0.2) is 0 Å². The second kappa shape index (κ2) is 4.84. The van der Waals surface area contributed by atoms with Crippen molar-refractivity contribution in [1.29, 1.82) is 0 Å². The van der Waals surface area contributed by atoms with E-state index in [1.54, 1.807) is 4.90 Å². The summed E-state index contributed by atoms with van der Waals surface area (Å²) in [7, 11) is 0. The van der Waals surface area contributed by atoms with E-state index in [-0.39, 0.29) is 6.09 Å². The van der Waals surface area contributed by atoms with E-state index in [1.165, 1.54) is 0 Å². The highest BCUT2D eigenvalue weighted by molar-refractivity contribution is 7.80. The van der Waals surface area contributed by atoms with E-state index in [0.717, 1.165) is 6.42 Å². The zero-order chi connectivity index (χ0) is 12.4. The van der Waals surface area contributed by atoms with Gasteiger partial charge in [-0.15, -0.1) is 0 Å². The van der Waals surface area contributed by atoms with Crippen molar-refractivity contribution >= 4 is 18.7 Å². The van der Waals surface area contributed by atoms with E-state index in [9.17, 15) is 9.90 Å². The number of rotatable bonds is 1. The Kier molecular flexibility index (Phi) is 4.12. The first-order valence-electron chi connectivity index (χ1n) is 5.57. The first-order valence-corrected chi connectivity index (χ1v) is 6.20. The molecule has 94 valence electrons. The summed E-state index contributed by atoms with van der Waals surface area (Å²) in [5, 5.41) is 10.1. The van der Waals surface area contributed by atoms with Gasteiger partial charge in [0.25, 0.3) is 0 Å². The molecule has 4 nitrogen and oxygen atoms in total. The van der Waals surface area contributed by atoms with Crippen LogP contribution in [0, 0.1) is 0 Å². The quantitative estimate of drug-likeness (QED) is 0.693. The smallest absolute Gasteiger partial charge is 0.410 e. The average molecular weight is 247 g/mol. The number of amides is 1. The van der Waals surface area contributed by atoms with Crippen LogP contribution < -0.4 is 0 Å². The number of hydrogen-bond donors (Lipinski definition) is 2. The summed E-state index contributed by atoms with van der Waals surface area (Å²) in [5.41, 5.74) is -1.36. The van der Waals surface area contributed by atoms with Crippen LogP contribution in [0.1, 0.15) is 33.6 Å². The molecular weight excluding hydrogens is 226 g/mol. The summed E-state index contributed by atoms with van der Waals surface area (Å²) in [5.74, 6) is 0.367. The van der Waals surface area contributed by atoms with Gasteiger partial charge in [-0.05, 0) is 33.6 Å². The Labute approximate surface area is 102 Å². The van der Waals surface area contributed by atoms with Gasteiger partial charge in [-0.1, -0.05) is 0 Å². The van der Waals surface area contributed by atoms with Gasteiger partial charge in [-0.2, -0.15) is 12.6 Å². The van der Waals surface area contributed by atoms with Crippen molar-refractivity contribution in [2.24, 2.45) is 0 Å². The lowest BCUT2D eigenvalue weighted by molar-refractivity contribution is -0.0300. The molecule has 5 heteroatoms.